The number of halogens is 1. The van der Waals surface area contributed by atoms with E-state index >= 15 is 0 Å². The standard InChI is InChI=1S/C16H19FN4O2/c1-10(14(18)22)21-8-2-3-12(9-21)16-19-15(20-23-16)11-4-6-13(17)7-5-11/h4-7,10,12H,2-3,8-9H2,1H3,(H2,18,22)/t10-,12-/m1/s1. The predicted molar refractivity (Wildman–Crippen MR) is 81.9 cm³/mol. The molecule has 1 aliphatic heterocycles. The van der Waals surface area contributed by atoms with Crippen LogP contribution in [0.25, 0.3) is 11.4 Å². The van der Waals surface area contributed by atoms with Gasteiger partial charge in [0.25, 0.3) is 0 Å². The van der Waals surface area contributed by atoms with Gasteiger partial charge < -0.3 is 10.3 Å². The minimum Gasteiger partial charge on any atom is -0.368 e. The molecule has 0 unspecified atom stereocenters. The monoisotopic (exact) mass is 318 g/mol. The highest BCUT2D eigenvalue weighted by Gasteiger charge is 2.30. The van der Waals surface area contributed by atoms with Crippen molar-refractivity contribution in [3.63, 3.8) is 0 Å². The summed E-state index contributed by atoms with van der Waals surface area (Å²) in [5.41, 5.74) is 6.09. The van der Waals surface area contributed by atoms with Gasteiger partial charge in [-0.15, -0.1) is 0 Å². The molecule has 0 saturated carbocycles. The van der Waals surface area contributed by atoms with Crippen LogP contribution >= 0.6 is 0 Å². The Bertz CT molecular complexity index is 686. The number of hydrogen-bond acceptors (Lipinski definition) is 5. The molecule has 2 N–H and O–H groups in total. The van der Waals surface area contributed by atoms with Gasteiger partial charge in [-0.3, -0.25) is 9.69 Å². The highest BCUT2D eigenvalue weighted by molar-refractivity contribution is 5.79. The molecule has 7 heteroatoms. The first-order valence-electron chi connectivity index (χ1n) is 7.67. The number of nitrogens with two attached hydrogens (primary N) is 1. The van der Waals surface area contributed by atoms with Crippen molar-refractivity contribution in [2.45, 2.75) is 31.7 Å². The topological polar surface area (TPSA) is 85.3 Å². The number of primary amides is 1. The average molecular weight is 318 g/mol. The fourth-order valence-electron chi connectivity index (χ4n) is 2.86. The van der Waals surface area contributed by atoms with E-state index in [-0.39, 0.29) is 23.7 Å². The second kappa shape index (κ2) is 6.45. The fourth-order valence-corrected chi connectivity index (χ4v) is 2.86. The summed E-state index contributed by atoms with van der Waals surface area (Å²) in [6.45, 7) is 3.30. The second-order valence-corrected chi connectivity index (χ2v) is 5.88. The Morgan fingerprint density at radius 3 is 2.87 bits per heavy atom. The zero-order valence-corrected chi connectivity index (χ0v) is 12.9. The van der Waals surface area contributed by atoms with Gasteiger partial charge in [0.05, 0.1) is 12.0 Å². The molecule has 23 heavy (non-hydrogen) atoms. The predicted octanol–water partition coefficient (Wildman–Crippen LogP) is 1.93. The summed E-state index contributed by atoms with van der Waals surface area (Å²) in [6, 6.07) is 5.65. The Morgan fingerprint density at radius 2 is 2.17 bits per heavy atom. The molecule has 1 amide bonds. The lowest BCUT2D eigenvalue weighted by atomic mass is 9.96. The second-order valence-electron chi connectivity index (χ2n) is 5.88. The Kier molecular flexibility index (Phi) is 4.38. The summed E-state index contributed by atoms with van der Waals surface area (Å²) in [5, 5.41) is 3.98. The van der Waals surface area contributed by atoms with Gasteiger partial charge in [-0.2, -0.15) is 4.98 Å². The van der Waals surface area contributed by atoms with Crippen LogP contribution in [0.15, 0.2) is 28.8 Å². The Morgan fingerprint density at radius 1 is 1.43 bits per heavy atom. The maximum atomic E-state index is 13.0. The van der Waals surface area contributed by atoms with Gasteiger partial charge in [-0.1, -0.05) is 5.16 Å². The Labute approximate surface area is 133 Å². The summed E-state index contributed by atoms with van der Waals surface area (Å²) in [7, 11) is 0. The molecule has 2 atom stereocenters. The van der Waals surface area contributed by atoms with Gasteiger partial charge in [0.2, 0.25) is 17.6 Å². The molecule has 2 heterocycles. The maximum Gasteiger partial charge on any atom is 0.234 e. The molecule has 1 fully saturated rings. The van der Waals surface area contributed by atoms with Gasteiger partial charge in [-0.25, -0.2) is 4.39 Å². The molecule has 1 aromatic heterocycles. The number of amides is 1. The van der Waals surface area contributed by atoms with Crippen molar-refractivity contribution >= 4 is 5.91 Å². The molecule has 0 spiro atoms. The molecule has 0 bridgehead atoms. The van der Waals surface area contributed by atoms with E-state index in [1.54, 1.807) is 12.1 Å². The Hall–Kier alpha value is -2.28. The van der Waals surface area contributed by atoms with Crippen molar-refractivity contribution in [3.05, 3.63) is 36.0 Å². The van der Waals surface area contributed by atoms with Crippen molar-refractivity contribution in [1.82, 2.24) is 15.0 Å². The third-order valence-electron chi connectivity index (χ3n) is 4.31. The van der Waals surface area contributed by atoms with Crippen LogP contribution in [0.4, 0.5) is 4.39 Å². The minimum absolute atomic E-state index is 0.0762. The molecular weight excluding hydrogens is 299 g/mol. The van der Waals surface area contributed by atoms with Crippen LogP contribution in [0.5, 0.6) is 0 Å². The van der Waals surface area contributed by atoms with Gasteiger partial charge in [-0.05, 0) is 50.6 Å². The smallest absolute Gasteiger partial charge is 0.234 e. The minimum atomic E-state index is -0.330. The van der Waals surface area contributed by atoms with Crippen LogP contribution in [-0.2, 0) is 4.79 Å². The molecule has 1 aliphatic rings. The van der Waals surface area contributed by atoms with Crippen LogP contribution in [0.1, 0.15) is 31.6 Å². The van der Waals surface area contributed by atoms with E-state index < -0.39 is 0 Å². The first-order chi connectivity index (χ1) is 11.0. The lowest BCUT2D eigenvalue weighted by Crippen LogP contribution is -2.47. The first kappa shape index (κ1) is 15.6. The van der Waals surface area contributed by atoms with Gasteiger partial charge in [0.15, 0.2) is 0 Å². The first-order valence-corrected chi connectivity index (χ1v) is 7.67. The van der Waals surface area contributed by atoms with Crippen LogP contribution in [-0.4, -0.2) is 40.1 Å². The maximum absolute atomic E-state index is 13.0. The lowest BCUT2D eigenvalue weighted by molar-refractivity contribution is -0.123. The zero-order valence-electron chi connectivity index (χ0n) is 12.9. The molecule has 1 aromatic carbocycles. The quantitative estimate of drug-likeness (QED) is 0.931. The Balaban J connectivity index is 1.74. The average Bonchev–Trinajstić information content (AvgIpc) is 3.05. The SMILES string of the molecule is C[C@H](C(N)=O)N1CCC[C@@H](c2nc(-c3ccc(F)cc3)no2)C1. The molecule has 122 valence electrons. The highest BCUT2D eigenvalue weighted by atomic mass is 19.1. The van der Waals surface area contributed by atoms with E-state index in [1.807, 2.05) is 11.8 Å². The number of nitrogens with zero attached hydrogens (tertiary/aromatic N) is 3. The molecule has 1 saturated heterocycles. The van der Waals surface area contributed by atoms with E-state index in [4.69, 9.17) is 10.3 Å². The summed E-state index contributed by atoms with van der Waals surface area (Å²) in [5.74, 6) is 0.432. The molecule has 6 nitrogen and oxygen atoms in total. The van der Waals surface area contributed by atoms with Crippen LogP contribution in [0, 0.1) is 5.82 Å². The van der Waals surface area contributed by atoms with Crippen molar-refractivity contribution in [2.24, 2.45) is 5.73 Å². The number of hydrogen-bond donors (Lipinski definition) is 1. The normalized spacial score (nSPS) is 20.3. The van der Waals surface area contributed by atoms with Crippen molar-refractivity contribution in [1.29, 1.82) is 0 Å². The molecular formula is C16H19FN4O2. The summed E-state index contributed by atoms with van der Waals surface area (Å²) in [6.07, 6.45) is 1.86. The fraction of sp³-hybridized carbons (Fsp3) is 0.438. The van der Waals surface area contributed by atoms with Crippen LogP contribution < -0.4 is 5.73 Å². The van der Waals surface area contributed by atoms with E-state index in [2.05, 4.69) is 10.1 Å². The third kappa shape index (κ3) is 3.39. The van der Waals surface area contributed by atoms with E-state index in [1.165, 1.54) is 12.1 Å². The number of carbonyl (C=O) groups excluding carboxylic acids is 1. The molecule has 0 radical (unpaired) electrons. The molecule has 2 aromatic rings. The van der Waals surface area contributed by atoms with E-state index in [9.17, 15) is 9.18 Å². The summed E-state index contributed by atoms with van der Waals surface area (Å²) in [4.78, 5) is 17.8. The van der Waals surface area contributed by atoms with Crippen LogP contribution in [0.3, 0.4) is 0 Å². The largest absolute Gasteiger partial charge is 0.368 e. The number of rotatable bonds is 4. The number of aromatic nitrogens is 2. The number of benzene rings is 1. The summed E-state index contributed by atoms with van der Waals surface area (Å²) >= 11 is 0. The van der Waals surface area contributed by atoms with Gasteiger partial charge in [0, 0.05) is 12.1 Å². The third-order valence-corrected chi connectivity index (χ3v) is 4.31. The highest BCUT2D eigenvalue weighted by Crippen LogP contribution is 2.28. The van der Waals surface area contributed by atoms with Crippen molar-refractivity contribution < 1.29 is 13.7 Å². The van der Waals surface area contributed by atoms with Gasteiger partial charge in [0.1, 0.15) is 5.82 Å². The van der Waals surface area contributed by atoms with E-state index in [0.29, 0.717) is 23.8 Å². The van der Waals surface area contributed by atoms with Crippen LogP contribution in [0.2, 0.25) is 0 Å². The zero-order chi connectivity index (χ0) is 16.4. The van der Waals surface area contributed by atoms with Crippen molar-refractivity contribution in [3.8, 4) is 11.4 Å². The number of piperidine rings is 1. The molecule has 0 aliphatic carbocycles. The number of likely N-dealkylation sites (tertiary alicyclic amines) is 1. The van der Waals surface area contributed by atoms with E-state index in [0.717, 1.165) is 19.4 Å². The number of carbonyl (C=O) groups is 1. The molecule has 3 rings (SSSR count). The van der Waals surface area contributed by atoms with Gasteiger partial charge >= 0.3 is 0 Å². The lowest BCUT2D eigenvalue weighted by Gasteiger charge is -2.33. The summed E-state index contributed by atoms with van der Waals surface area (Å²) < 4.78 is 18.4. The van der Waals surface area contributed by atoms with Crippen molar-refractivity contribution in [2.75, 3.05) is 13.1 Å².